The smallest absolute Gasteiger partial charge is 0.140 e. The van der Waals surface area contributed by atoms with Crippen LogP contribution in [-0.4, -0.2) is 20.3 Å². The van der Waals surface area contributed by atoms with Gasteiger partial charge in [0.25, 0.3) is 0 Å². The molecular weight excluding hydrogens is 288 g/mol. The molecule has 0 saturated heterocycles. The minimum absolute atomic E-state index is 0.440. The zero-order chi connectivity index (χ0) is 15.2. The molecule has 0 aliphatic carbocycles. The van der Waals surface area contributed by atoms with Crippen LogP contribution in [0.1, 0.15) is 11.1 Å². The quantitative estimate of drug-likeness (QED) is 0.739. The molecule has 4 heteroatoms. The van der Waals surface area contributed by atoms with Gasteiger partial charge in [0.15, 0.2) is 0 Å². The highest BCUT2D eigenvalue weighted by atomic mass is 35.5. The summed E-state index contributed by atoms with van der Waals surface area (Å²) in [6.07, 6.45) is 0. The summed E-state index contributed by atoms with van der Waals surface area (Å²) >= 11 is 6.18. The molecular formula is C17H19ClO3. The van der Waals surface area contributed by atoms with Crippen LogP contribution in [0.5, 0.6) is 17.2 Å². The number of hydrogen-bond donors (Lipinski definition) is 0. The zero-order valence-electron chi connectivity index (χ0n) is 12.5. The Morgan fingerprint density at radius 1 is 0.905 bits per heavy atom. The van der Waals surface area contributed by atoms with E-state index in [2.05, 4.69) is 0 Å². The van der Waals surface area contributed by atoms with Gasteiger partial charge in [0.1, 0.15) is 30.5 Å². The average Bonchev–Trinajstić information content (AvgIpc) is 2.46. The van der Waals surface area contributed by atoms with E-state index in [1.54, 1.807) is 7.11 Å². The van der Waals surface area contributed by atoms with Crippen LogP contribution < -0.4 is 14.2 Å². The first-order valence-corrected chi connectivity index (χ1v) is 7.14. The Bertz CT molecular complexity index is 570. The van der Waals surface area contributed by atoms with Crippen molar-refractivity contribution in [2.45, 2.75) is 13.8 Å². The molecule has 0 N–H and O–H groups in total. The molecule has 2 rings (SSSR count). The van der Waals surface area contributed by atoms with Crippen molar-refractivity contribution >= 4 is 11.6 Å². The largest absolute Gasteiger partial charge is 0.497 e. The minimum Gasteiger partial charge on any atom is -0.497 e. The van der Waals surface area contributed by atoms with E-state index in [-0.39, 0.29) is 0 Å². The summed E-state index contributed by atoms with van der Waals surface area (Å²) in [6.45, 7) is 4.89. The fourth-order valence-electron chi connectivity index (χ4n) is 2.06. The summed E-state index contributed by atoms with van der Waals surface area (Å²) in [7, 11) is 1.64. The number of ether oxygens (including phenoxy) is 3. The van der Waals surface area contributed by atoms with Crippen LogP contribution in [0.25, 0.3) is 0 Å². The SMILES string of the molecule is COc1ccc(OCCOc2c(C)cc(C)cc2Cl)cc1. The molecule has 0 fully saturated rings. The first kappa shape index (κ1) is 15.5. The number of halogens is 1. The fraction of sp³-hybridized carbons (Fsp3) is 0.294. The van der Waals surface area contributed by atoms with Crippen molar-refractivity contribution in [3.63, 3.8) is 0 Å². The molecule has 0 radical (unpaired) electrons. The van der Waals surface area contributed by atoms with Crippen LogP contribution in [-0.2, 0) is 0 Å². The van der Waals surface area contributed by atoms with Gasteiger partial charge in [-0.15, -0.1) is 0 Å². The van der Waals surface area contributed by atoms with Gasteiger partial charge in [-0.25, -0.2) is 0 Å². The Morgan fingerprint density at radius 2 is 1.52 bits per heavy atom. The van der Waals surface area contributed by atoms with E-state index in [0.29, 0.717) is 18.2 Å². The molecule has 0 unspecified atom stereocenters. The van der Waals surface area contributed by atoms with Crippen LogP contribution in [0.2, 0.25) is 5.02 Å². The van der Waals surface area contributed by atoms with E-state index < -0.39 is 0 Å². The number of benzene rings is 2. The molecule has 3 nitrogen and oxygen atoms in total. The normalized spacial score (nSPS) is 10.3. The lowest BCUT2D eigenvalue weighted by molar-refractivity contribution is 0.216. The third-order valence-corrected chi connectivity index (χ3v) is 3.31. The van der Waals surface area contributed by atoms with Crippen molar-refractivity contribution in [1.82, 2.24) is 0 Å². The highest BCUT2D eigenvalue weighted by molar-refractivity contribution is 6.32. The molecule has 2 aromatic carbocycles. The lowest BCUT2D eigenvalue weighted by Crippen LogP contribution is -2.10. The zero-order valence-corrected chi connectivity index (χ0v) is 13.2. The second-order valence-electron chi connectivity index (χ2n) is 4.77. The fourth-order valence-corrected chi connectivity index (χ4v) is 2.44. The standard InChI is InChI=1S/C17H19ClO3/c1-12-10-13(2)17(16(18)11-12)21-9-8-20-15-6-4-14(19-3)5-7-15/h4-7,10-11H,8-9H2,1-3H3. The van der Waals surface area contributed by atoms with E-state index in [1.165, 1.54) is 0 Å². The van der Waals surface area contributed by atoms with Crippen molar-refractivity contribution < 1.29 is 14.2 Å². The van der Waals surface area contributed by atoms with Gasteiger partial charge in [0, 0.05) is 0 Å². The monoisotopic (exact) mass is 306 g/mol. The van der Waals surface area contributed by atoms with E-state index in [4.69, 9.17) is 25.8 Å². The lowest BCUT2D eigenvalue weighted by atomic mass is 10.1. The number of hydrogen-bond acceptors (Lipinski definition) is 3. The molecule has 0 aromatic heterocycles. The highest BCUT2D eigenvalue weighted by Crippen LogP contribution is 2.29. The molecule has 0 amide bonds. The van der Waals surface area contributed by atoms with Crippen LogP contribution in [0.15, 0.2) is 36.4 Å². The van der Waals surface area contributed by atoms with Crippen molar-refractivity contribution in [1.29, 1.82) is 0 Å². The van der Waals surface area contributed by atoms with E-state index in [1.807, 2.05) is 50.2 Å². The van der Waals surface area contributed by atoms with Gasteiger partial charge in [-0.05, 0) is 55.3 Å². The maximum Gasteiger partial charge on any atom is 0.140 e. The second kappa shape index (κ2) is 7.23. The van der Waals surface area contributed by atoms with Crippen LogP contribution >= 0.6 is 11.6 Å². The molecule has 2 aromatic rings. The Kier molecular flexibility index (Phi) is 5.34. The van der Waals surface area contributed by atoms with Gasteiger partial charge >= 0.3 is 0 Å². The van der Waals surface area contributed by atoms with E-state index in [0.717, 1.165) is 28.4 Å². The third kappa shape index (κ3) is 4.30. The third-order valence-electron chi connectivity index (χ3n) is 3.03. The van der Waals surface area contributed by atoms with Gasteiger partial charge in [-0.3, -0.25) is 0 Å². The van der Waals surface area contributed by atoms with Crippen molar-refractivity contribution in [2.24, 2.45) is 0 Å². The maximum atomic E-state index is 6.18. The average molecular weight is 307 g/mol. The predicted molar refractivity (Wildman–Crippen MR) is 84.9 cm³/mol. The van der Waals surface area contributed by atoms with Gasteiger partial charge < -0.3 is 14.2 Å². The van der Waals surface area contributed by atoms with Gasteiger partial charge in [0.2, 0.25) is 0 Å². The molecule has 0 heterocycles. The van der Waals surface area contributed by atoms with Crippen LogP contribution in [0, 0.1) is 13.8 Å². The molecule has 0 saturated carbocycles. The van der Waals surface area contributed by atoms with E-state index in [9.17, 15) is 0 Å². The van der Waals surface area contributed by atoms with Crippen molar-refractivity contribution in [3.8, 4) is 17.2 Å². The Hall–Kier alpha value is -1.87. The Labute approximate surface area is 130 Å². The molecule has 112 valence electrons. The highest BCUT2D eigenvalue weighted by Gasteiger charge is 2.06. The summed E-state index contributed by atoms with van der Waals surface area (Å²) in [5.74, 6) is 2.31. The van der Waals surface area contributed by atoms with Gasteiger partial charge in [-0.2, -0.15) is 0 Å². The minimum atomic E-state index is 0.440. The topological polar surface area (TPSA) is 27.7 Å². The first-order valence-electron chi connectivity index (χ1n) is 6.76. The Morgan fingerprint density at radius 3 is 2.14 bits per heavy atom. The maximum absolute atomic E-state index is 6.18. The Balaban J connectivity index is 1.84. The van der Waals surface area contributed by atoms with Crippen LogP contribution in [0.3, 0.4) is 0 Å². The number of methoxy groups -OCH3 is 1. The van der Waals surface area contributed by atoms with Gasteiger partial charge in [-0.1, -0.05) is 17.7 Å². The molecule has 0 atom stereocenters. The molecule has 0 aliphatic heterocycles. The van der Waals surface area contributed by atoms with Crippen molar-refractivity contribution in [3.05, 3.63) is 52.5 Å². The number of aryl methyl sites for hydroxylation is 2. The molecule has 0 bridgehead atoms. The summed E-state index contributed by atoms with van der Waals surface area (Å²) in [5, 5.41) is 0.636. The number of rotatable bonds is 6. The summed E-state index contributed by atoms with van der Waals surface area (Å²) in [6, 6.07) is 11.4. The first-order chi connectivity index (χ1) is 10.1. The summed E-state index contributed by atoms with van der Waals surface area (Å²) in [4.78, 5) is 0. The molecule has 0 spiro atoms. The van der Waals surface area contributed by atoms with Gasteiger partial charge in [0.05, 0.1) is 12.1 Å². The molecule has 0 aliphatic rings. The second-order valence-corrected chi connectivity index (χ2v) is 5.17. The van der Waals surface area contributed by atoms with E-state index >= 15 is 0 Å². The van der Waals surface area contributed by atoms with Crippen LogP contribution in [0.4, 0.5) is 0 Å². The predicted octanol–water partition coefficient (Wildman–Crippen LogP) is 4.42. The molecule has 21 heavy (non-hydrogen) atoms. The summed E-state index contributed by atoms with van der Waals surface area (Å²) in [5.41, 5.74) is 2.16. The summed E-state index contributed by atoms with van der Waals surface area (Å²) < 4.78 is 16.4. The van der Waals surface area contributed by atoms with Crippen molar-refractivity contribution in [2.75, 3.05) is 20.3 Å². The lowest BCUT2D eigenvalue weighted by Gasteiger charge is -2.12.